The van der Waals surface area contributed by atoms with Gasteiger partial charge in [-0.05, 0) is 56.5 Å². The first-order chi connectivity index (χ1) is 11.8. The highest BCUT2D eigenvalue weighted by Crippen LogP contribution is 2.66. The highest BCUT2D eigenvalue weighted by Gasteiger charge is 2.62. The molecule has 0 aromatic rings. The fourth-order valence-electron chi connectivity index (χ4n) is 5.13. The SMILES string of the molecule is CCCCCN(CCCCC)CC(=O)O[C@H]1C[C@@H]2CC[C@]1(C)C2(C)C. The van der Waals surface area contributed by atoms with Crippen molar-refractivity contribution in [3.63, 3.8) is 0 Å². The summed E-state index contributed by atoms with van der Waals surface area (Å²) in [5.74, 6) is 0.725. The minimum absolute atomic E-state index is 0.00238. The summed E-state index contributed by atoms with van der Waals surface area (Å²) >= 11 is 0. The summed E-state index contributed by atoms with van der Waals surface area (Å²) in [6.45, 7) is 14.1. The van der Waals surface area contributed by atoms with Crippen molar-refractivity contribution in [3.05, 3.63) is 0 Å². The van der Waals surface area contributed by atoms with E-state index in [1.165, 1.54) is 51.4 Å². The molecule has 2 rings (SSSR count). The number of hydrogen-bond donors (Lipinski definition) is 0. The van der Waals surface area contributed by atoms with Crippen LogP contribution < -0.4 is 0 Å². The molecule has 0 aliphatic heterocycles. The second-order valence-corrected chi connectivity index (χ2v) is 9.28. The standard InChI is InChI=1S/C22H41NO2/c1-6-8-10-14-23(15-11-9-7-2)17-20(24)25-19-16-18-12-13-22(19,5)21(18,3)4/h18-19H,6-17H2,1-5H3/t18-,19-,22-/m0/s1. The van der Waals surface area contributed by atoms with Gasteiger partial charge < -0.3 is 4.74 Å². The number of esters is 1. The van der Waals surface area contributed by atoms with Gasteiger partial charge in [0.15, 0.2) is 0 Å². The Morgan fingerprint density at radius 2 is 1.64 bits per heavy atom. The lowest BCUT2D eigenvalue weighted by Gasteiger charge is -2.38. The minimum Gasteiger partial charge on any atom is -0.461 e. The smallest absolute Gasteiger partial charge is 0.320 e. The van der Waals surface area contributed by atoms with E-state index in [0.717, 1.165) is 25.4 Å². The predicted octanol–water partition coefficient (Wildman–Crippen LogP) is 5.43. The summed E-state index contributed by atoms with van der Waals surface area (Å²) in [5.41, 5.74) is 0.475. The summed E-state index contributed by atoms with van der Waals surface area (Å²) in [6.07, 6.45) is 11.0. The number of rotatable bonds is 11. The molecule has 0 radical (unpaired) electrons. The molecular formula is C22H41NO2. The van der Waals surface area contributed by atoms with E-state index in [1.807, 2.05) is 0 Å². The minimum atomic E-state index is 0.00238. The molecule has 3 nitrogen and oxygen atoms in total. The van der Waals surface area contributed by atoms with Crippen LogP contribution in [0.5, 0.6) is 0 Å². The van der Waals surface area contributed by atoms with E-state index < -0.39 is 0 Å². The van der Waals surface area contributed by atoms with Gasteiger partial charge in [0.25, 0.3) is 0 Å². The molecule has 0 aromatic heterocycles. The second-order valence-electron chi connectivity index (χ2n) is 9.28. The van der Waals surface area contributed by atoms with Crippen molar-refractivity contribution < 1.29 is 9.53 Å². The lowest BCUT2D eigenvalue weighted by molar-refractivity contribution is -0.158. The lowest BCUT2D eigenvalue weighted by atomic mass is 9.70. The number of carbonyl (C=O) groups excluding carboxylic acids is 1. The molecule has 146 valence electrons. The maximum absolute atomic E-state index is 12.6. The van der Waals surface area contributed by atoms with Crippen LogP contribution >= 0.6 is 0 Å². The van der Waals surface area contributed by atoms with E-state index >= 15 is 0 Å². The van der Waals surface area contributed by atoms with Crippen molar-refractivity contribution in [3.8, 4) is 0 Å². The first kappa shape index (κ1) is 20.7. The van der Waals surface area contributed by atoms with E-state index in [4.69, 9.17) is 4.74 Å². The van der Waals surface area contributed by atoms with E-state index in [2.05, 4.69) is 39.5 Å². The summed E-state index contributed by atoms with van der Waals surface area (Å²) < 4.78 is 6.05. The topological polar surface area (TPSA) is 29.5 Å². The van der Waals surface area contributed by atoms with Gasteiger partial charge >= 0.3 is 5.97 Å². The quantitative estimate of drug-likeness (QED) is 0.367. The molecule has 2 aliphatic carbocycles. The zero-order valence-corrected chi connectivity index (χ0v) is 17.4. The lowest BCUT2D eigenvalue weighted by Crippen LogP contribution is -2.41. The number of fused-ring (bicyclic) bond motifs is 2. The van der Waals surface area contributed by atoms with Gasteiger partial charge in [0.1, 0.15) is 6.10 Å². The van der Waals surface area contributed by atoms with Gasteiger partial charge in [0.05, 0.1) is 6.54 Å². The largest absolute Gasteiger partial charge is 0.461 e. The van der Waals surface area contributed by atoms with Gasteiger partial charge in [-0.1, -0.05) is 60.3 Å². The van der Waals surface area contributed by atoms with Crippen molar-refractivity contribution in [1.82, 2.24) is 4.90 Å². The maximum atomic E-state index is 12.6. The third kappa shape index (κ3) is 4.59. The predicted molar refractivity (Wildman–Crippen MR) is 105 cm³/mol. The van der Waals surface area contributed by atoms with E-state index in [0.29, 0.717) is 12.0 Å². The average Bonchev–Trinajstić information content (AvgIpc) is 2.88. The normalized spacial score (nSPS) is 30.2. The van der Waals surface area contributed by atoms with Crippen LogP contribution in [0.2, 0.25) is 0 Å². The third-order valence-corrected chi connectivity index (χ3v) is 7.50. The Morgan fingerprint density at radius 3 is 2.08 bits per heavy atom. The van der Waals surface area contributed by atoms with E-state index in [-0.39, 0.29) is 17.5 Å². The molecule has 0 spiro atoms. The molecule has 0 unspecified atom stereocenters. The van der Waals surface area contributed by atoms with Crippen LogP contribution in [-0.4, -0.2) is 36.6 Å². The Morgan fingerprint density at radius 1 is 1.04 bits per heavy atom. The summed E-state index contributed by atoms with van der Waals surface area (Å²) in [6, 6.07) is 0. The van der Waals surface area contributed by atoms with Gasteiger partial charge in [-0.15, -0.1) is 0 Å². The van der Waals surface area contributed by atoms with Crippen LogP contribution in [0.15, 0.2) is 0 Å². The van der Waals surface area contributed by atoms with Gasteiger partial charge in [-0.3, -0.25) is 9.69 Å². The molecule has 0 aromatic carbocycles. The molecule has 0 heterocycles. The first-order valence-corrected chi connectivity index (χ1v) is 10.8. The Hall–Kier alpha value is -0.570. The van der Waals surface area contributed by atoms with Crippen LogP contribution in [0.25, 0.3) is 0 Å². The number of unbranched alkanes of at least 4 members (excludes halogenated alkanes) is 4. The van der Waals surface area contributed by atoms with Gasteiger partial charge in [0, 0.05) is 5.41 Å². The second kappa shape index (κ2) is 8.88. The van der Waals surface area contributed by atoms with Crippen LogP contribution in [0, 0.1) is 16.7 Å². The number of ether oxygens (including phenoxy) is 1. The zero-order chi connectivity index (χ0) is 18.5. The zero-order valence-electron chi connectivity index (χ0n) is 17.4. The fraction of sp³-hybridized carbons (Fsp3) is 0.955. The van der Waals surface area contributed by atoms with Crippen LogP contribution in [0.1, 0.15) is 92.4 Å². The Balaban J connectivity index is 1.85. The average molecular weight is 352 g/mol. The molecule has 3 atom stereocenters. The van der Waals surface area contributed by atoms with Gasteiger partial charge in [-0.2, -0.15) is 0 Å². The summed E-state index contributed by atoms with van der Waals surface area (Å²) in [4.78, 5) is 15.0. The number of carbonyl (C=O) groups is 1. The Kier molecular flexibility index (Phi) is 7.37. The highest BCUT2D eigenvalue weighted by molar-refractivity contribution is 5.72. The number of nitrogens with zero attached hydrogens (tertiary/aromatic N) is 1. The van der Waals surface area contributed by atoms with Crippen LogP contribution in [0.3, 0.4) is 0 Å². The molecule has 0 saturated heterocycles. The summed E-state index contributed by atoms with van der Waals surface area (Å²) in [7, 11) is 0. The van der Waals surface area contributed by atoms with Crippen LogP contribution in [0.4, 0.5) is 0 Å². The van der Waals surface area contributed by atoms with Crippen molar-refractivity contribution in [2.45, 2.75) is 98.5 Å². The van der Waals surface area contributed by atoms with E-state index in [9.17, 15) is 4.79 Å². The monoisotopic (exact) mass is 351 g/mol. The highest BCUT2D eigenvalue weighted by atomic mass is 16.5. The third-order valence-electron chi connectivity index (χ3n) is 7.50. The van der Waals surface area contributed by atoms with Crippen molar-refractivity contribution >= 4 is 5.97 Å². The number of hydrogen-bond acceptors (Lipinski definition) is 3. The van der Waals surface area contributed by atoms with E-state index in [1.54, 1.807) is 0 Å². The molecule has 2 fully saturated rings. The molecule has 25 heavy (non-hydrogen) atoms. The Bertz CT molecular complexity index is 424. The molecule has 0 N–H and O–H groups in total. The molecule has 2 aliphatic rings. The maximum Gasteiger partial charge on any atom is 0.320 e. The van der Waals surface area contributed by atoms with Gasteiger partial charge in [0.2, 0.25) is 0 Å². The van der Waals surface area contributed by atoms with Crippen molar-refractivity contribution in [2.24, 2.45) is 16.7 Å². The Labute approximate surface area is 155 Å². The molecule has 2 saturated carbocycles. The first-order valence-electron chi connectivity index (χ1n) is 10.8. The summed E-state index contributed by atoms with van der Waals surface area (Å²) in [5, 5.41) is 0. The molecule has 0 amide bonds. The van der Waals surface area contributed by atoms with Crippen molar-refractivity contribution in [1.29, 1.82) is 0 Å². The van der Waals surface area contributed by atoms with Crippen LogP contribution in [-0.2, 0) is 9.53 Å². The molecule has 3 heteroatoms. The molecular weight excluding hydrogens is 310 g/mol. The van der Waals surface area contributed by atoms with Gasteiger partial charge in [-0.25, -0.2) is 0 Å². The van der Waals surface area contributed by atoms with Crippen molar-refractivity contribution in [2.75, 3.05) is 19.6 Å². The fourth-order valence-corrected chi connectivity index (χ4v) is 5.13. The molecule has 2 bridgehead atoms.